The Morgan fingerprint density at radius 3 is 2.54 bits per heavy atom. The van der Waals surface area contributed by atoms with Crippen molar-refractivity contribution in [1.29, 1.82) is 0 Å². The number of hydrogen-bond acceptors (Lipinski definition) is 4. The number of fused-ring (bicyclic) bond motifs is 5. The van der Waals surface area contributed by atoms with E-state index in [1.165, 1.54) is 13.0 Å². The average molecular weight is 396 g/mol. The lowest BCUT2D eigenvalue weighted by molar-refractivity contribution is -0.225. The van der Waals surface area contributed by atoms with Crippen molar-refractivity contribution in [1.82, 2.24) is 0 Å². The first-order chi connectivity index (χ1) is 12.9. The summed E-state index contributed by atoms with van der Waals surface area (Å²) in [6, 6.07) is 0. The van der Waals surface area contributed by atoms with Crippen LogP contribution in [0.15, 0.2) is 23.6 Å². The fraction of sp³-hybridized carbons (Fsp3) is 0.714. The summed E-state index contributed by atoms with van der Waals surface area (Å²) in [5.74, 6) is -4.96. The summed E-state index contributed by atoms with van der Waals surface area (Å²) in [5, 5.41) is 31.8. The fourth-order valence-electron chi connectivity index (χ4n) is 7.08. The lowest BCUT2D eigenvalue weighted by Crippen LogP contribution is -2.69. The summed E-state index contributed by atoms with van der Waals surface area (Å²) in [4.78, 5) is 23.8. The molecule has 28 heavy (non-hydrogen) atoms. The first-order valence-corrected chi connectivity index (χ1v) is 9.81. The second kappa shape index (κ2) is 5.51. The van der Waals surface area contributed by atoms with Gasteiger partial charge in [0.2, 0.25) is 5.78 Å². The van der Waals surface area contributed by atoms with E-state index in [4.69, 9.17) is 0 Å². The Kier molecular flexibility index (Phi) is 3.88. The summed E-state index contributed by atoms with van der Waals surface area (Å²) in [6.45, 7) is 4.76. The van der Waals surface area contributed by atoms with E-state index in [2.05, 4.69) is 0 Å². The SMILES string of the molecule is C[C@H]1C[C@H]2[C@@H]3CCC4=C(F)C(=O)C=C[C@]4(C)[C@@]3(F)[C@@H](O)C[C@]2(C)[C@@]1(O)C(=O)O. The number of carboxylic acids is 1. The van der Waals surface area contributed by atoms with Gasteiger partial charge in [-0.25, -0.2) is 13.6 Å². The molecule has 0 aromatic carbocycles. The van der Waals surface area contributed by atoms with Gasteiger partial charge in [0.15, 0.2) is 17.1 Å². The maximum Gasteiger partial charge on any atom is 0.336 e. The second-order valence-electron chi connectivity index (χ2n) is 9.56. The number of carboxylic acid groups (broad SMARTS) is 1. The minimum Gasteiger partial charge on any atom is -0.479 e. The number of aliphatic carboxylic acids is 1. The van der Waals surface area contributed by atoms with Gasteiger partial charge in [-0.05, 0) is 56.1 Å². The van der Waals surface area contributed by atoms with E-state index < -0.39 is 63.5 Å². The Labute approximate surface area is 162 Å². The number of aliphatic hydroxyl groups is 2. The molecule has 0 bridgehead atoms. The number of halogens is 2. The van der Waals surface area contributed by atoms with Gasteiger partial charge in [-0.15, -0.1) is 0 Å². The first kappa shape index (κ1) is 19.7. The number of ketones is 1. The van der Waals surface area contributed by atoms with Crippen LogP contribution in [-0.4, -0.2) is 44.4 Å². The number of carbonyl (C=O) groups is 2. The van der Waals surface area contributed by atoms with Gasteiger partial charge in [0.25, 0.3) is 0 Å². The molecular weight excluding hydrogens is 370 g/mol. The lowest BCUT2D eigenvalue weighted by atomic mass is 9.44. The number of aliphatic hydroxyl groups excluding tert-OH is 1. The van der Waals surface area contributed by atoms with Gasteiger partial charge in [-0.2, -0.15) is 0 Å². The fourth-order valence-corrected chi connectivity index (χ4v) is 7.08. The van der Waals surface area contributed by atoms with Crippen molar-refractivity contribution in [2.75, 3.05) is 0 Å². The van der Waals surface area contributed by atoms with Crippen molar-refractivity contribution in [3.63, 3.8) is 0 Å². The molecule has 0 amide bonds. The molecule has 0 spiro atoms. The van der Waals surface area contributed by atoms with Crippen LogP contribution in [0.25, 0.3) is 0 Å². The minimum absolute atomic E-state index is 0.0703. The molecule has 0 aromatic heterocycles. The highest BCUT2D eigenvalue weighted by molar-refractivity contribution is 6.04. The van der Waals surface area contributed by atoms with Crippen LogP contribution in [0.5, 0.6) is 0 Å². The van der Waals surface area contributed by atoms with Crippen molar-refractivity contribution in [2.24, 2.45) is 28.6 Å². The van der Waals surface area contributed by atoms with Gasteiger partial charge in [-0.1, -0.05) is 19.9 Å². The average Bonchev–Trinajstić information content (AvgIpc) is 2.82. The van der Waals surface area contributed by atoms with E-state index in [-0.39, 0.29) is 24.8 Å². The number of hydrogen-bond donors (Lipinski definition) is 3. The monoisotopic (exact) mass is 396 g/mol. The molecule has 0 radical (unpaired) electrons. The molecule has 3 fully saturated rings. The van der Waals surface area contributed by atoms with Crippen molar-refractivity contribution >= 4 is 11.8 Å². The predicted molar refractivity (Wildman–Crippen MR) is 95.5 cm³/mol. The molecule has 0 saturated heterocycles. The Morgan fingerprint density at radius 2 is 1.93 bits per heavy atom. The van der Waals surface area contributed by atoms with Gasteiger partial charge < -0.3 is 15.3 Å². The van der Waals surface area contributed by atoms with Crippen LogP contribution in [0.2, 0.25) is 0 Å². The zero-order chi connectivity index (χ0) is 20.9. The third-order valence-corrected chi connectivity index (χ3v) is 8.64. The van der Waals surface area contributed by atoms with Crippen molar-refractivity contribution in [3.05, 3.63) is 23.6 Å². The van der Waals surface area contributed by atoms with Gasteiger partial charge in [0, 0.05) is 16.7 Å². The third-order valence-electron chi connectivity index (χ3n) is 8.64. The summed E-state index contributed by atoms with van der Waals surface area (Å²) in [5.41, 5.74) is -6.94. The summed E-state index contributed by atoms with van der Waals surface area (Å²) in [6.07, 6.45) is 1.19. The third kappa shape index (κ3) is 1.88. The van der Waals surface area contributed by atoms with Crippen molar-refractivity contribution in [2.45, 2.75) is 63.8 Å². The van der Waals surface area contributed by atoms with Gasteiger partial charge in [0.05, 0.1) is 6.10 Å². The molecule has 4 aliphatic carbocycles. The molecule has 4 aliphatic rings. The zero-order valence-corrected chi connectivity index (χ0v) is 16.2. The summed E-state index contributed by atoms with van der Waals surface area (Å²) >= 11 is 0. The molecule has 0 unspecified atom stereocenters. The number of carbonyl (C=O) groups excluding carboxylic acids is 1. The van der Waals surface area contributed by atoms with Gasteiger partial charge >= 0.3 is 5.97 Å². The van der Waals surface area contributed by atoms with E-state index in [1.807, 2.05) is 0 Å². The topological polar surface area (TPSA) is 94.8 Å². The van der Waals surface area contributed by atoms with Crippen LogP contribution in [0.1, 0.15) is 46.5 Å². The first-order valence-electron chi connectivity index (χ1n) is 9.81. The highest BCUT2D eigenvalue weighted by Gasteiger charge is 2.76. The van der Waals surface area contributed by atoms with E-state index in [9.17, 15) is 29.3 Å². The van der Waals surface area contributed by atoms with Gasteiger partial charge in [-0.3, -0.25) is 4.79 Å². The van der Waals surface area contributed by atoms with Crippen LogP contribution >= 0.6 is 0 Å². The standard InChI is InChI=1S/C21H26F2O5/c1-10-8-13-11-4-5-12-16(22)14(24)6-7-18(12,2)20(11,23)15(25)9-19(13,3)21(10,28)17(26)27/h6-7,10-11,13,15,25,28H,4-5,8-9H2,1-3H3,(H,26,27)/t10-,11-,13-,15-,18-,19-,20-,21-/m0/s1. The molecule has 4 rings (SSSR count). The van der Waals surface area contributed by atoms with Crippen LogP contribution in [0.3, 0.4) is 0 Å². The molecule has 3 N–H and O–H groups in total. The van der Waals surface area contributed by atoms with Crippen LogP contribution < -0.4 is 0 Å². The highest BCUT2D eigenvalue weighted by Crippen LogP contribution is 2.70. The molecule has 8 atom stereocenters. The number of alkyl halides is 1. The predicted octanol–water partition coefficient (Wildman–Crippen LogP) is 2.72. The Bertz CT molecular complexity index is 837. The molecule has 0 heterocycles. The van der Waals surface area contributed by atoms with Crippen LogP contribution in [-0.2, 0) is 9.59 Å². The molecule has 0 aliphatic heterocycles. The van der Waals surface area contributed by atoms with E-state index in [0.29, 0.717) is 6.42 Å². The Balaban J connectivity index is 1.87. The number of rotatable bonds is 1. The van der Waals surface area contributed by atoms with Crippen LogP contribution in [0, 0.1) is 28.6 Å². The van der Waals surface area contributed by atoms with E-state index in [1.54, 1.807) is 13.8 Å². The Morgan fingerprint density at radius 1 is 1.29 bits per heavy atom. The zero-order valence-electron chi connectivity index (χ0n) is 16.2. The number of allylic oxidation sites excluding steroid dienone is 4. The van der Waals surface area contributed by atoms with Crippen molar-refractivity contribution < 1.29 is 33.7 Å². The minimum atomic E-state index is -2.25. The van der Waals surface area contributed by atoms with E-state index in [0.717, 1.165) is 6.08 Å². The smallest absolute Gasteiger partial charge is 0.336 e. The molecule has 5 nitrogen and oxygen atoms in total. The second-order valence-corrected chi connectivity index (χ2v) is 9.56. The van der Waals surface area contributed by atoms with E-state index >= 15 is 4.39 Å². The maximum atomic E-state index is 16.8. The largest absolute Gasteiger partial charge is 0.479 e. The molecule has 7 heteroatoms. The van der Waals surface area contributed by atoms with Crippen molar-refractivity contribution in [3.8, 4) is 0 Å². The molecular formula is C21H26F2O5. The van der Waals surface area contributed by atoms with Gasteiger partial charge in [0.1, 0.15) is 0 Å². The Hall–Kier alpha value is -1.60. The molecule has 0 aromatic rings. The quantitative estimate of drug-likeness (QED) is 0.634. The lowest BCUT2D eigenvalue weighted by Gasteiger charge is -2.62. The highest BCUT2D eigenvalue weighted by atomic mass is 19.1. The summed E-state index contributed by atoms with van der Waals surface area (Å²) < 4.78 is 31.3. The van der Waals surface area contributed by atoms with Crippen LogP contribution in [0.4, 0.5) is 8.78 Å². The maximum absolute atomic E-state index is 16.8. The molecule has 154 valence electrons. The molecule has 3 saturated carbocycles. The normalized spacial score (nSPS) is 52.9. The summed E-state index contributed by atoms with van der Waals surface area (Å²) in [7, 11) is 0.